The van der Waals surface area contributed by atoms with Crippen LogP contribution in [-0.4, -0.2) is 36.1 Å². The lowest BCUT2D eigenvalue weighted by atomic mass is 10.2. The number of aromatic nitrogens is 1. The second-order valence-electron chi connectivity index (χ2n) is 5.09. The molecule has 0 radical (unpaired) electrons. The molecule has 1 atom stereocenters. The number of esters is 1. The van der Waals surface area contributed by atoms with E-state index in [0.29, 0.717) is 11.4 Å². The summed E-state index contributed by atoms with van der Waals surface area (Å²) >= 11 is 5.78. The highest BCUT2D eigenvalue weighted by Crippen LogP contribution is 2.32. The van der Waals surface area contributed by atoms with Crippen molar-refractivity contribution in [3.8, 4) is 5.75 Å². The highest BCUT2D eigenvalue weighted by Gasteiger charge is 2.21. The van der Waals surface area contributed by atoms with Gasteiger partial charge in [-0.3, -0.25) is 10.1 Å². The van der Waals surface area contributed by atoms with Crippen molar-refractivity contribution >= 4 is 34.8 Å². The summed E-state index contributed by atoms with van der Waals surface area (Å²) in [5.74, 6) is 0.141. The van der Waals surface area contributed by atoms with E-state index in [1.165, 1.54) is 19.4 Å². The topological polar surface area (TPSA) is 94.8 Å². The van der Waals surface area contributed by atoms with Gasteiger partial charge in [-0.2, -0.15) is 0 Å². The van der Waals surface area contributed by atoms with E-state index in [-0.39, 0.29) is 16.5 Å². The van der Waals surface area contributed by atoms with E-state index < -0.39 is 17.0 Å². The average Bonchev–Trinajstić information content (AvgIpc) is 2.60. The quantitative estimate of drug-likeness (QED) is 0.440. The largest absolute Gasteiger partial charge is 0.479 e. The molecule has 0 saturated carbocycles. The Morgan fingerprint density at radius 1 is 1.36 bits per heavy atom. The normalized spacial score (nSPS) is 11.5. The summed E-state index contributed by atoms with van der Waals surface area (Å²) < 4.78 is 10.0. The van der Waals surface area contributed by atoms with E-state index >= 15 is 0 Å². The first-order chi connectivity index (χ1) is 11.8. The van der Waals surface area contributed by atoms with E-state index in [0.717, 1.165) is 0 Å². The number of pyridine rings is 1. The maximum atomic E-state index is 11.4. The van der Waals surface area contributed by atoms with Gasteiger partial charge in [-0.15, -0.1) is 0 Å². The molecule has 2 rings (SSSR count). The van der Waals surface area contributed by atoms with E-state index in [4.69, 9.17) is 16.3 Å². The summed E-state index contributed by atoms with van der Waals surface area (Å²) in [6.45, 7) is 1.58. The Bertz CT molecular complexity index is 782. The minimum atomic E-state index is -0.743. The minimum Gasteiger partial charge on any atom is -0.479 e. The number of carbonyl (C=O) groups excluding carboxylic acids is 1. The van der Waals surface area contributed by atoms with Crippen LogP contribution in [0.1, 0.15) is 6.92 Å². The Labute approximate surface area is 149 Å². The van der Waals surface area contributed by atoms with Gasteiger partial charge < -0.3 is 14.4 Å². The molecular formula is C16H16ClN3O5. The Morgan fingerprint density at radius 3 is 2.56 bits per heavy atom. The van der Waals surface area contributed by atoms with Crippen LogP contribution < -0.4 is 9.64 Å². The van der Waals surface area contributed by atoms with Gasteiger partial charge in [0, 0.05) is 25.0 Å². The van der Waals surface area contributed by atoms with E-state index in [1.807, 2.05) is 0 Å². The molecule has 1 aromatic heterocycles. The van der Waals surface area contributed by atoms with Crippen molar-refractivity contribution in [3.05, 3.63) is 51.7 Å². The van der Waals surface area contributed by atoms with Gasteiger partial charge in [0.1, 0.15) is 5.75 Å². The van der Waals surface area contributed by atoms with Crippen LogP contribution in [0.4, 0.5) is 17.2 Å². The molecule has 0 spiro atoms. The summed E-state index contributed by atoms with van der Waals surface area (Å²) in [6, 6.07) is 7.93. The molecule has 8 nitrogen and oxygen atoms in total. The molecule has 0 aliphatic heterocycles. The summed E-state index contributed by atoms with van der Waals surface area (Å²) in [5.41, 5.74) is 0.450. The summed E-state index contributed by atoms with van der Waals surface area (Å²) in [5, 5.41) is 11.4. The summed E-state index contributed by atoms with van der Waals surface area (Å²) in [7, 11) is 2.93. The molecule has 2 aromatic rings. The van der Waals surface area contributed by atoms with Gasteiger partial charge in [0.25, 0.3) is 0 Å². The maximum absolute atomic E-state index is 11.4. The molecule has 0 amide bonds. The van der Waals surface area contributed by atoms with Crippen LogP contribution >= 0.6 is 11.6 Å². The van der Waals surface area contributed by atoms with Crippen molar-refractivity contribution < 1.29 is 19.2 Å². The number of hydrogen-bond acceptors (Lipinski definition) is 7. The molecule has 1 heterocycles. The first-order valence-electron chi connectivity index (χ1n) is 7.21. The van der Waals surface area contributed by atoms with Crippen molar-refractivity contribution in [2.24, 2.45) is 0 Å². The van der Waals surface area contributed by atoms with Crippen molar-refractivity contribution in [2.75, 3.05) is 19.1 Å². The zero-order valence-electron chi connectivity index (χ0n) is 13.8. The molecular weight excluding hydrogens is 350 g/mol. The number of anilines is 2. The monoisotopic (exact) mass is 365 g/mol. The smallest absolute Gasteiger partial charge is 0.346 e. The number of rotatable bonds is 6. The van der Waals surface area contributed by atoms with Crippen LogP contribution in [0.5, 0.6) is 5.75 Å². The number of methoxy groups -OCH3 is 1. The fourth-order valence-corrected chi connectivity index (χ4v) is 2.26. The van der Waals surface area contributed by atoms with Crippen LogP contribution in [0, 0.1) is 10.1 Å². The second kappa shape index (κ2) is 7.80. The maximum Gasteiger partial charge on any atom is 0.346 e. The molecule has 132 valence electrons. The van der Waals surface area contributed by atoms with Crippen molar-refractivity contribution in [1.82, 2.24) is 4.98 Å². The van der Waals surface area contributed by atoms with Gasteiger partial charge >= 0.3 is 11.7 Å². The number of ether oxygens (including phenoxy) is 2. The first kappa shape index (κ1) is 18.5. The molecule has 0 saturated heterocycles. The number of halogens is 1. The first-order valence-corrected chi connectivity index (χ1v) is 7.59. The highest BCUT2D eigenvalue weighted by molar-refractivity contribution is 6.30. The number of benzene rings is 1. The predicted octanol–water partition coefficient (Wildman–Crippen LogP) is 3.35. The summed E-state index contributed by atoms with van der Waals surface area (Å²) in [6.07, 6.45) is 0.600. The van der Waals surface area contributed by atoms with Gasteiger partial charge in [-0.1, -0.05) is 11.6 Å². The Morgan fingerprint density at radius 2 is 2.00 bits per heavy atom. The zero-order valence-corrected chi connectivity index (χ0v) is 14.6. The number of hydrogen-bond donors (Lipinski definition) is 0. The highest BCUT2D eigenvalue weighted by atomic mass is 35.5. The molecule has 0 aliphatic carbocycles. The van der Waals surface area contributed by atoms with Gasteiger partial charge in [-0.05, 0) is 31.2 Å². The van der Waals surface area contributed by atoms with Crippen LogP contribution in [0.3, 0.4) is 0 Å². The zero-order chi connectivity index (χ0) is 18.6. The fraction of sp³-hybridized carbons (Fsp3) is 0.250. The fourth-order valence-electron chi connectivity index (χ4n) is 2.10. The third kappa shape index (κ3) is 4.36. The Hall–Kier alpha value is -2.87. The molecule has 0 aliphatic rings. The Kier molecular flexibility index (Phi) is 5.76. The number of nitro groups is 1. The average molecular weight is 366 g/mol. The molecule has 0 fully saturated rings. The summed E-state index contributed by atoms with van der Waals surface area (Å²) in [4.78, 5) is 27.6. The lowest BCUT2D eigenvalue weighted by Crippen LogP contribution is -2.24. The molecule has 1 unspecified atom stereocenters. The molecule has 1 aromatic carbocycles. The van der Waals surface area contributed by atoms with Gasteiger partial charge in [0.15, 0.2) is 6.10 Å². The van der Waals surface area contributed by atoms with Gasteiger partial charge in [0.05, 0.1) is 17.1 Å². The molecule has 0 bridgehead atoms. The van der Waals surface area contributed by atoms with Gasteiger partial charge in [0.2, 0.25) is 5.82 Å². The standard InChI is InChI=1S/C16H16ClN3O5/c1-10(16(21)24-3)25-13-6-4-12(5-7-13)19(2)15-14(20(22)23)8-11(17)9-18-15/h4-10H,1-3H3. The van der Waals surface area contributed by atoms with Crippen LogP contribution in [0.15, 0.2) is 36.5 Å². The second-order valence-corrected chi connectivity index (χ2v) is 5.53. The van der Waals surface area contributed by atoms with Gasteiger partial charge in [-0.25, -0.2) is 9.78 Å². The third-order valence-corrected chi connectivity index (χ3v) is 3.60. The van der Waals surface area contributed by atoms with E-state index in [9.17, 15) is 14.9 Å². The lowest BCUT2D eigenvalue weighted by molar-refractivity contribution is -0.384. The Balaban J connectivity index is 2.22. The van der Waals surface area contributed by atoms with Crippen LogP contribution in [0.25, 0.3) is 0 Å². The minimum absolute atomic E-state index is 0.158. The van der Waals surface area contributed by atoms with Crippen LogP contribution in [0.2, 0.25) is 5.02 Å². The van der Waals surface area contributed by atoms with Crippen molar-refractivity contribution in [3.63, 3.8) is 0 Å². The van der Waals surface area contributed by atoms with Crippen molar-refractivity contribution in [1.29, 1.82) is 0 Å². The van der Waals surface area contributed by atoms with E-state index in [2.05, 4.69) is 9.72 Å². The lowest BCUT2D eigenvalue weighted by Gasteiger charge is -2.19. The SMILES string of the molecule is COC(=O)C(C)Oc1ccc(N(C)c2ncc(Cl)cc2[N+](=O)[O-])cc1. The van der Waals surface area contributed by atoms with E-state index in [1.54, 1.807) is 43.1 Å². The molecule has 0 N–H and O–H groups in total. The third-order valence-electron chi connectivity index (χ3n) is 3.40. The predicted molar refractivity (Wildman–Crippen MR) is 92.5 cm³/mol. The molecule has 25 heavy (non-hydrogen) atoms. The van der Waals surface area contributed by atoms with Crippen LogP contribution in [-0.2, 0) is 9.53 Å². The van der Waals surface area contributed by atoms with Crippen molar-refractivity contribution in [2.45, 2.75) is 13.0 Å². The number of carbonyl (C=O) groups is 1. The molecule has 9 heteroatoms. The number of nitrogens with zero attached hydrogens (tertiary/aromatic N) is 3.